The van der Waals surface area contributed by atoms with Crippen molar-refractivity contribution in [2.75, 3.05) is 7.05 Å². The fourth-order valence-electron chi connectivity index (χ4n) is 1.97. The van der Waals surface area contributed by atoms with Gasteiger partial charge in [0.2, 0.25) is 0 Å². The zero-order valence-corrected chi connectivity index (χ0v) is 11.5. The molecule has 2 rings (SSSR count). The number of rotatable bonds is 4. The third-order valence-corrected chi connectivity index (χ3v) is 3.56. The van der Waals surface area contributed by atoms with Gasteiger partial charge in [-0.05, 0) is 32.5 Å². The molecule has 0 radical (unpaired) electrons. The highest BCUT2D eigenvalue weighted by Crippen LogP contribution is 2.19. The molecule has 4 heteroatoms. The monoisotopic (exact) mass is 244 g/mol. The van der Waals surface area contributed by atoms with Crippen molar-refractivity contribution in [3.8, 4) is 0 Å². The first kappa shape index (κ1) is 12.8. The molecule has 2 aromatic rings. The van der Waals surface area contributed by atoms with Crippen LogP contribution in [0.15, 0.2) is 30.7 Å². The van der Waals surface area contributed by atoms with Crippen LogP contribution in [-0.2, 0) is 13.6 Å². The average molecular weight is 244 g/mol. The lowest BCUT2D eigenvalue weighted by atomic mass is 10.1. The van der Waals surface area contributed by atoms with E-state index in [2.05, 4.69) is 46.5 Å². The number of aryl methyl sites for hydroxylation is 1. The smallest absolute Gasteiger partial charge is 0.105 e. The van der Waals surface area contributed by atoms with Gasteiger partial charge in [0.25, 0.3) is 0 Å². The summed E-state index contributed by atoms with van der Waals surface area (Å²) >= 11 is 0. The Morgan fingerprint density at radius 2 is 2.17 bits per heavy atom. The number of nitrogens with zero attached hydrogens (tertiary/aromatic N) is 4. The van der Waals surface area contributed by atoms with Crippen molar-refractivity contribution in [1.29, 1.82) is 0 Å². The van der Waals surface area contributed by atoms with Crippen molar-refractivity contribution in [2.45, 2.75) is 26.4 Å². The quantitative estimate of drug-likeness (QED) is 0.827. The molecule has 2 aromatic heterocycles. The summed E-state index contributed by atoms with van der Waals surface area (Å²) in [5.74, 6) is 1.05. The summed E-state index contributed by atoms with van der Waals surface area (Å²) in [6.45, 7) is 5.10. The lowest BCUT2D eigenvalue weighted by molar-refractivity contribution is 0.247. The summed E-state index contributed by atoms with van der Waals surface area (Å²) in [5.41, 5.74) is 2.46. The second-order valence-electron chi connectivity index (χ2n) is 4.73. The van der Waals surface area contributed by atoms with E-state index in [9.17, 15) is 0 Å². The molecule has 0 N–H and O–H groups in total. The van der Waals surface area contributed by atoms with Gasteiger partial charge in [-0.15, -0.1) is 0 Å². The molecule has 1 atom stereocenters. The van der Waals surface area contributed by atoms with Gasteiger partial charge in [-0.1, -0.05) is 6.07 Å². The molecule has 0 aliphatic rings. The summed E-state index contributed by atoms with van der Waals surface area (Å²) < 4.78 is 2.13. The largest absolute Gasteiger partial charge is 0.334 e. The van der Waals surface area contributed by atoms with Crippen LogP contribution in [0.4, 0.5) is 0 Å². The fraction of sp³-hybridized carbons (Fsp3) is 0.429. The van der Waals surface area contributed by atoms with Gasteiger partial charge in [0.1, 0.15) is 5.82 Å². The van der Waals surface area contributed by atoms with Gasteiger partial charge < -0.3 is 4.57 Å². The van der Waals surface area contributed by atoms with Crippen LogP contribution in [0.3, 0.4) is 0 Å². The number of pyridine rings is 1. The Bertz CT molecular complexity index is 504. The van der Waals surface area contributed by atoms with E-state index in [1.807, 2.05) is 25.4 Å². The van der Waals surface area contributed by atoms with Crippen molar-refractivity contribution in [3.63, 3.8) is 0 Å². The van der Waals surface area contributed by atoms with Crippen molar-refractivity contribution < 1.29 is 0 Å². The summed E-state index contributed by atoms with van der Waals surface area (Å²) in [4.78, 5) is 10.8. The van der Waals surface area contributed by atoms with E-state index in [4.69, 9.17) is 0 Å². The van der Waals surface area contributed by atoms with Gasteiger partial charge in [-0.3, -0.25) is 9.88 Å². The number of imidazole rings is 1. The first-order chi connectivity index (χ1) is 8.59. The van der Waals surface area contributed by atoms with E-state index >= 15 is 0 Å². The third kappa shape index (κ3) is 2.59. The molecule has 0 saturated heterocycles. The zero-order valence-electron chi connectivity index (χ0n) is 11.5. The second-order valence-corrected chi connectivity index (χ2v) is 4.73. The number of hydrogen-bond donors (Lipinski definition) is 0. The van der Waals surface area contributed by atoms with Crippen LogP contribution in [0.5, 0.6) is 0 Å². The van der Waals surface area contributed by atoms with E-state index in [-0.39, 0.29) is 0 Å². The van der Waals surface area contributed by atoms with E-state index in [1.54, 1.807) is 6.20 Å². The highest BCUT2D eigenvalue weighted by Gasteiger charge is 2.13. The Morgan fingerprint density at radius 3 is 2.72 bits per heavy atom. The molecular formula is C14H20N4. The predicted octanol–water partition coefficient (Wildman–Crippen LogP) is 2.32. The van der Waals surface area contributed by atoms with Crippen LogP contribution in [0, 0.1) is 6.92 Å². The maximum atomic E-state index is 4.33. The second kappa shape index (κ2) is 5.31. The standard InChI is InChI=1S/C14H20N4/c1-11(13-6-5-7-15-8-13)17(3)10-14-9-16-12(2)18(14)4/h5-9,11H,10H2,1-4H3/t11-/m1/s1. The lowest BCUT2D eigenvalue weighted by Crippen LogP contribution is -2.23. The molecule has 0 bridgehead atoms. The SMILES string of the molecule is Cc1ncc(CN(C)[C@H](C)c2cccnc2)n1C. The highest BCUT2D eigenvalue weighted by molar-refractivity contribution is 5.13. The van der Waals surface area contributed by atoms with Crippen LogP contribution >= 0.6 is 0 Å². The van der Waals surface area contributed by atoms with Crippen LogP contribution < -0.4 is 0 Å². The minimum Gasteiger partial charge on any atom is -0.334 e. The molecule has 4 nitrogen and oxygen atoms in total. The third-order valence-electron chi connectivity index (χ3n) is 3.56. The Hall–Kier alpha value is -1.68. The fourth-order valence-corrected chi connectivity index (χ4v) is 1.97. The molecule has 2 heterocycles. The van der Waals surface area contributed by atoms with Gasteiger partial charge in [-0.2, -0.15) is 0 Å². The van der Waals surface area contributed by atoms with E-state index in [1.165, 1.54) is 11.3 Å². The first-order valence-corrected chi connectivity index (χ1v) is 6.17. The summed E-state index contributed by atoms with van der Waals surface area (Å²) in [5, 5.41) is 0. The maximum Gasteiger partial charge on any atom is 0.105 e. The highest BCUT2D eigenvalue weighted by atomic mass is 15.2. The lowest BCUT2D eigenvalue weighted by Gasteiger charge is -2.24. The normalized spacial score (nSPS) is 12.9. The molecule has 0 amide bonds. The molecule has 0 spiro atoms. The predicted molar refractivity (Wildman–Crippen MR) is 72.1 cm³/mol. The van der Waals surface area contributed by atoms with Gasteiger partial charge in [0.15, 0.2) is 0 Å². The average Bonchev–Trinajstić information content (AvgIpc) is 2.71. The molecule has 0 fully saturated rings. The van der Waals surface area contributed by atoms with Gasteiger partial charge >= 0.3 is 0 Å². The molecule has 0 aliphatic carbocycles. The number of aromatic nitrogens is 3. The maximum absolute atomic E-state index is 4.33. The van der Waals surface area contributed by atoms with E-state index in [0.717, 1.165) is 12.4 Å². The van der Waals surface area contributed by atoms with E-state index in [0.29, 0.717) is 6.04 Å². The topological polar surface area (TPSA) is 34.0 Å². The van der Waals surface area contributed by atoms with Crippen LogP contribution in [0.2, 0.25) is 0 Å². The van der Waals surface area contributed by atoms with Crippen molar-refractivity contribution in [3.05, 3.63) is 47.8 Å². The van der Waals surface area contributed by atoms with Gasteiger partial charge in [0.05, 0.1) is 5.69 Å². The van der Waals surface area contributed by atoms with Crippen molar-refractivity contribution in [2.24, 2.45) is 7.05 Å². The van der Waals surface area contributed by atoms with Gasteiger partial charge in [-0.25, -0.2) is 4.98 Å². The molecule has 0 unspecified atom stereocenters. The summed E-state index contributed by atoms with van der Waals surface area (Å²) in [6.07, 6.45) is 5.68. The molecule has 0 aromatic carbocycles. The van der Waals surface area contributed by atoms with Crippen molar-refractivity contribution >= 4 is 0 Å². The molecule has 96 valence electrons. The minimum atomic E-state index is 0.342. The molecular weight excluding hydrogens is 224 g/mol. The summed E-state index contributed by atoms with van der Waals surface area (Å²) in [6, 6.07) is 4.44. The van der Waals surface area contributed by atoms with Crippen LogP contribution in [0.25, 0.3) is 0 Å². The van der Waals surface area contributed by atoms with Gasteiger partial charge in [0, 0.05) is 38.2 Å². The van der Waals surface area contributed by atoms with Crippen LogP contribution in [-0.4, -0.2) is 26.5 Å². The number of hydrogen-bond acceptors (Lipinski definition) is 3. The Morgan fingerprint density at radius 1 is 1.39 bits per heavy atom. The Labute approximate surface area is 108 Å². The molecule has 0 saturated carbocycles. The van der Waals surface area contributed by atoms with Crippen LogP contribution in [0.1, 0.15) is 30.0 Å². The Balaban J connectivity index is 2.08. The Kier molecular flexibility index (Phi) is 3.77. The molecule has 18 heavy (non-hydrogen) atoms. The first-order valence-electron chi connectivity index (χ1n) is 6.17. The van der Waals surface area contributed by atoms with Crippen molar-refractivity contribution in [1.82, 2.24) is 19.4 Å². The van der Waals surface area contributed by atoms with E-state index < -0.39 is 0 Å². The zero-order chi connectivity index (χ0) is 13.1. The summed E-state index contributed by atoms with van der Waals surface area (Å²) in [7, 11) is 4.18. The minimum absolute atomic E-state index is 0.342. The molecule has 0 aliphatic heterocycles.